The highest BCUT2D eigenvalue weighted by atomic mass is 32.1. The summed E-state index contributed by atoms with van der Waals surface area (Å²) < 4.78 is 0. The molecule has 2 N–H and O–H groups in total. The molecule has 1 aliphatic heterocycles. The number of fused-ring (bicyclic) bond motifs is 1. The van der Waals surface area contributed by atoms with E-state index >= 15 is 0 Å². The lowest BCUT2D eigenvalue weighted by molar-refractivity contribution is -0.157. The van der Waals surface area contributed by atoms with Gasteiger partial charge >= 0.3 is 0 Å². The van der Waals surface area contributed by atoms with Crippen LogP contribution in [0.5, 0.6) is 0 Å². The second kappa shape index (κ2) is 9.67. The van der Waals surface area contributed by atoms with E-state index in [4.69, 9.17) is 0 Å². The smallest absolute Gasteiger partial charge is 0.248 e. The Morgan fingerprint density at radius 2 is 1.76 bits per heavy atom. The molecule has 0 saturated carbocycles. The summed E-state index contributed by atoms with van der Waals surface area (Å²) in [5.41, 5.74) is 2.46. The third kappa shape index (κ3) is 4.83. The molecule has 0 bridgehead atoms. The monoisotopic (exact) mass is 467 g/mol. The van der Waals surface area contributed by atoms with Crippen LogP contribution in [0.25, 0.3) is 0 Å². The van der Waals surface area contributed by atoms with Gasteiger partial charge < -0.3 is 15.5 Å². The number of amides is 3. The normalized spacial score (nSPS) is 21.9. The Balaban J connectivity index is 1.71. The first kappa shape index (κ1) is 23.5. The van der Waals surface area contributed by atoms with E-state index in [0.29, 0.717) is 6.42 Å². The third-order valence-corrected chi connectivity index (χ3v) is 7.40. The van der Waals surface area contributed by atoms with Crippen molar-refractivity contribution in [1.82, 2.24) is 15.5 Å². The van der Waals surface area contributed by atoms with Crippen molar-refractivity contribution in [2.75, 3.05) is 0 Å². The fourth-order valence-electron chi connectivity index (χ4n) is 5.08. The summed E-state index contributed by atoms with van der Waals surface area (Å²) in [5, 5.41) is 7.93. The molecular weight excluding hydrogens is 434 g/mol. The van der Waals surface area contributed by atoms with E-state index in [-0.39, 0.29) is 35.6 Å². The van der Waals surface area contributed by atoms with Crippen LogP contribution < -0.4 is 10.6 Å². The molecule has 1 aliphatic carbocycles. The summed E-state index contributed by atoms with van der Waals surface area (Å²) in [6.45, 7) is 7.87. The van der Waals surface area contributed by atoms with Gasteiger partial charge in [-0.2, -0.15) is 0 Å². The Bertz CT molecular complexity index is 993. The lowest BCUT2D eigenvalue weighted by Crippen LogP contribution is -2.67. The van der Waals surface area contributed by atoms with Gasteiger partial charge in [-0.1, -0.05) is 44.2 Å². The van der Waals surface area contributed by atoms with Crippen LogP contribution in [0.2, 0.25) is 0 Å². The van der Waals surface area contributed by atoms with Crippen molar-refractivity contribution in [1.29, 1.82) is 0 Å². The first-order chi connectivity index (χ1) is 15.8. The minimum Gasteiger partial charge on any atom is -0.352 e. The zero-order chi connectivity index (χ0) is 23.7. The van der Waals surface area contributed by atoms with Gasteiger partial charge in [-0.25, -0.2) is 0 Å². The van der Waals surface area contributed by atoms with Crippen molar-refractivity contribution < 1.29 is 14.4 Å². The van der Waals surface area contributed by atoms with Crippen LogP contribution in [0.1, 0.15) is 56.2 Å². The number of nitrogens with one attached hydrogen (secondary N) is 2. The van der Waals surface area contributed by atoms with E-state index in [1.807, 2.05) is 57.3 Å². The fourth-order valence-corrected chi connectivity index (χ4v) is 5.90. The van der Waals surface area contributed by atoms with Crippen molar-refractivity contribution in [3.8, 4) is 0 Å². The van der Waals surface area contributed by atoms with E-state index < -0.39 is 18.1 Å². The van der Waals surface area contributed by atoms with Crippen molar-refractivity contribution >= 4 is 29.1 Å². The number of nitrogens with zero attached hydrogens (tertiary/aromatic N) is 1. The first-order valence-electron chi connectivity index (χ1n) is 11.8. The van der Waals surface area contributed by atoms with Gasteiger partial charge in [0, 0.05) is 10.9 Å². The Morgan fingerprint density at radius 1 is 1.09 bits per heavy atom. The molecule has 2 aliphatic rings. The zero-order valence-corrected chi connectivity index (χ0v) is 20.5. The van der Waals surface area contributed by atoms with E-state index in [1.165, 1.54) is 22.5 Å². The maximum absolute atomic E-state index is 14.1. The van der Waals surface area contributed by atoms with Crippen molar-refractivity contribution in [2.45, 2.75) is 71.1 Å². The molecule has 4 rings (SSSR count). The Morgan fingerprint density at radius 3 is 2.30 bits per heavy atom. The van der Waals surface area contributed by atoms with Gasteiger partial charge in [-0.05, 0) is 67.5 Å². The SMILES string of the molecule is CC(C)CC1C(=O)NC(C2Cc3ccccc3C2)C(=O)N1C(C(=O)NC(C)C)c1cccs1. The van der Waals surface area contributed by atoms with Gasteiger partial charge in [0.25, 0.3) is 0 Å². The molecule has 3 amide bonds. The Kier molecular flexibility index (Phi) is 6.88. The minimum atomic E-state index is -0.819. The van der Waals surface area contributed by atoms with Crippen LogP contribution in [0, 0.1) is 11.8 Å². The number of thiophene rings is 1. The summed E-state index contributed by atoms with van der Waals surface area (Å²) >= 11 is 1.44. The third-order valence-electron chi connectivity index (χ3n) is 6.48. The van der Waals surface area contributed by atoms with Gasteiger partial charge in [0.05, 0.1) is 0 Å². The van der Waals surface area contributed by atoms with E-state index in [9.17, 15) is 14.4 Å². The summed E-state index contributed by atoms with van der Waals surface area (Å²) in [6, 6.07) is 9.76. The topological polar surface area (TPSA) is 78.5 Å². The molecule has 1 fully saturated rings. The lowest BCUT2D eigenvalue weighted by atomic mass is 9.88. The summed E-state index contributed by atoms with van der Waals surface area (Å²) in [7, 11) is 0. The molecule has 176 valence electrons. The summed E-state index contributed by atoms with van der Waals surface area (Å²) in [5.74, 6) is -0.379. The standard InChI is InChI=1S/C26H33N3O3S/c1-15(2)12-20-24(30)28-22(19-13-17-8-5-6-9-18(17)14-19)26(32)29(20)23(21-10-7-11-33-21)25(31)27-16(3)4/h5-11,15-16,19-20,22-23H,12-14H2,1-4H3,(H,27,31)(H,28,30). The molecule has 1 aromatic heterocycles. The van der Waals surface area contributed by atoms with Crippen molar-refractivity contribution in [3.63, 3.8) is 0 Å². The molecule has 0 spiro atoms. The van der Waals surface area contributed by atoms with E-state index in [1.54, 1.807) is 4.90 Å². The maximum Gasteiger partial charge on any atom is 0.248 e. The van der Waals surface area contributed by atoms with Crippen LogP contribution >= 0.6 is 11.3 Å². The quantitative estimate of drug-likeness (QED) is 0.655. The van der Waals surface area contributed by atoms with Crippen molar-refractivity contribution in [2.24, 2.45) is 11.8 Å². The lowest BCUT2D eigenvalue weighted by Gasteiger charge is -2.44. The van der Waals surface area contributed by atoms with Gasteiger partial charge in [0.1, 0.15) is 18.1 Å². The molecule has 6 nitrogen and oxygen atoms in total. The first-order valence-corrected chi connectivity index (χ1v) is 12.7. The van der Waals surface area contributed by atoms with E-state index in [0.717, 1.165) is 17.7 Å². The highest BCUT2D eigenvalue weighted by Gasteiger charge is 2.49. The molecule has 2 heterocycles. The van der Waals surface area contributed by atoms with Gasteiger partial charge in [-0.3, -0.25) is 14.4 Å². The zero-order valence-electron chi connectivity index (χ0n) is 19.7. The van der Waals surface area contributed by atoms with Crippen LogP contribution in [0.15, 0.2) is 41.8 Å². The Labute approximate surface area is 199 Å². The molecule has 3 unspecified atom stereocenters. The molecule has 33 heavy (non-hydrogen) atoms. The van der Waals surface area contributed by atoms with Crippen LogP contribution in [0.4, 0.5) is 0 Å². The number of hydrogen-bond donors (Lipinski definition) is 2. The van der Waals surface area contributed by atoms with Crippen LogP contribution in [-0.2, 0) is 27.2 Å². The summed E-state index contributed by atoms with van der Waals surface area (Å²) in [4.78, 5) is 43.3. The fraction of sp³-hybridized carbons (Fsp3) is 0.500. The molecule has 1 saturated heterocycles. The average Bonchev–Trinajstić information content (AvgIpc) is 3.41. The number of carbonyl (C=O) groups excluding carboxylic acids is 3. The maximum atomic E-state index is 14.1. The molecule has 7 heteroatoms. The van der Waals surface area contributed by atoms with Gasteiger partial charge in [0.2, 0.25) is 17.7 Å². The number of carbonyl (C=O) groups is 3. The molecular formula is C26H33N3O3S. The summed E-state index contributed by atoms with van der Waals surface area (Å²) in [6.07, 6.45) is 2.00. The number of hydrogen-bond acceptors (Lipinski definition) is 4. The molecule has 1 aromatic carbocycles. The number of rotatable bonds is 7. The van der Waals surface area contributed by atoms with Gasteiger partial charge in [0.15, 0.2) is 0 Å². The van der Waals surface area contributed by atoms with Gasteiger partial charge in [-0.15, -0.1) is 11.3 Å². The second-order valence-corrected chi connectivity index (χ2v) is 10.9. The van der Waals surface area contributed by atoms with Crippen LogP contribution in [-0.4, -0.2) is 40.7 Å². The highest BCUT2D eigenvalue weighted by Crippen LogP contribution is 2.36. The second-order valence-electron chi connectivity index (χ2n) is 9.90. The predicted octanol–water partition coefficient (Wildman–Crippen LogP) is 3.47. The van der Waals surface area contributed by atoms with Crippen molar-refractivity contribution in [3.05, 3.63) is 57.8 Å². The number of piperazine rings is 1. The predicted molar refractivity (Wildman–Crippen MR) is 130 cm³/mol. The Hall–Kier alpha value is -2.67. The largest absolute Gasteiger partial charge is 0.352 e. The number of benzene rings is 1. The molecule has 3 atom stereocenters. The highest BCUT2D eigenvalue weighted by molar-refractivity contribution is 7.10. The van der Waals surface area contributed by atoms with Crippen LogP contribution in [0.3, 0.4) is 0 Å². The van der Waals surface area contributed by atoms with E-state index in [2.05, 4.69) is 22.8 Å². The molecule has 0 radical (unpaired) electrons. The molecule has 2 aromatic rings. The minimum absolute atomic E-state index is 0.0153. The average molecular weight is 468 g/mol.